The first-order chi connectivity index (χ1) is 9.36. The van der Waals surface area contributed by atoms with Crippen molar-refractivity contribution in [1.82, 2.24) is 5.32 Å². The van der Waals surface area contributed by atoms with E-state index in [2.05, 4.69) is 35.6 Å². The van der Waals surface area contributed by atoms with Gasteiger partial charge in [0.25, 0.3) is 0 Å². The summed E-state index contributed by atoms with van der Waals surface area (Å²) in [5.41, 5.74) is 2.55. The Kier molecular flexibility index (Phi) is 6.28. The van der Waals surface area contributed by atoms with Gasteiger partial charge in [-0.2, -0.15) is 11.8 Å². The number of hydrogen-bond donors (Lipinski definition) is 1. The Bertz CT molecular complexity index is 487. The van der Waals surface area contributed by atoms with Gasteiger partial charge >= 0.3 is 0 Å². The Morgan fingerprint density at radius 2 is 1.68 bits per heavy atom. The molecule has 0 saturated heterocycles. The molecular weight excluding hydrogens is 274 g/mol. The summed E-state index contributed by atoms with van der Waals surface area (Å²) in [7, 11) is 0. The molecule has 0 saturated carbocycles. The van der Waals surface area contributed by atoms with Crippen LogP contribution in [0.2, 0.25) is 5.02 Å². The molecular formula is C16H18ClNS. The largest absolute Gasteiger partial charge is 0.312 e. The Labute approximate surface area is 124 Å². The van der Waals surface area contributed by atoms with Crippen molar-refractivity contribution >= 4 is 23.4 Å². The van der Waals surface area contributed by atoms with Gasteiger partial charge in [-0.15, -0.1) is 0 Å². The molecule has 19 heavy (non-hydrogen) atoms. The molecule has 2 aromatic carbocycles. The predicted molar refractivity (Wildman–Crippen MR) is 85.8 cm³/mol. The molecule has 0 radical (unpaired) electrons. The number of benzene rings is 2. The van der Waals surface area contributed by atoms with E-state index in [4.69, 9.17) is 11.6 Å². The second-order valence-electron chi connectivity index (χ2n) is 4.31. The van der Waals surface area contributed by atoms with Crippen LogP contribution in [0.4, 0.5) is 0 Å². The molecule has 0 heterocycles. The van der Waals surface area contributed by atoms with E-state index in [1.165, 1.54) is 11.1 Å². The maximum Gasteiger partial charge on any atom is 0.0446 e. The van der Waals surface area contributed by atoms with Crippen LogP contribution < -0.4 is 5.32 Å². The highest BCUT2D eigenvalue weighted by molar-refractivity contribution is 7.98. The van der Waals surface area contributed by atoms with Gasteiger partial charge in [0.1, 0.15) is 0 Å². The summed E-state index contributed by atoms with van der Waals surface area (Å²) in [5.74, 6) is 2.07. The van der Waals surface area contributed by atoms with Gasteiger partial charge in [-0.05, 0) is 17.2 Å². The highest BCUT2D eigenvalue weighted by Crippen LogP contribution is 2.20. The first-order valence-electron chi connectivity index (χ1n) is 6.42. The summed E-state index contributed by atoms with van der Waals surface area (Å²) >= 11 is 8.02. The standard InChI is InChI=1S/C16H18ClNS/c17-16-9-5-4-8-15(16)13-19-11-10-18-12-14-6-2-1-3-7-14/h1-9,18H,10-13H2. The average Bonchev–Trinajstić information content (AvgIpc) is 2.45. The van der Waals surface area contributed by atoms with E-state index in [9.17, 15) is 0 Å². The van der Waals surface area contributed by atoms with Crippen molar-refractivity contribution in [3.05, 3.63) is 70.7 Å². The smallest absolute Gasteiger partial charge is 0.0446 e. The van der Waals surface area contributed by atoms with E-state index in [1.807, 2.05) is 36.0 Å². The third-order valence-electron chi connectivity index (χ3n) is 2.81. The van der Waals surface area contributed by atoms with Crippen LogP contribution in [0.15, 0.2) is 54.6 Å². The van der Waals surface area contributed by atoms with Crippen LogP contribution in [0.5, 0.6) is 0 Å². The summed E-state index contributed by atoms with van der Waals surface area (Å²) in [6.07, 6.45) is 0. The van der Waals surface area contributed by atoms with Gasteiger partial charge < -0.3 is 5.32 Å². The van der Waals surface area contributed by atoms with Crippen molar-refractivity contribution in [2.75, 3.05) is 12.3 Å². The van der Waals surface area contributed by atoms with Crippen LogP contribution in [0.3, 0.4) is 0 Å². The molecule has 0 aromatic heterocycles. The number of nitrogens with one attached hydrogen (secondary N) is 1. The summed E-state index contributed by atoms with van der Waals surface area (Å²) in [5, 5.41) is 4.32. The molecule has 0 unspecified atom stereocenters. The molecule has 100 valence electrons. The minimum absolute atomic E-state index is 0.868. The Morgan fingerprint density at radius 1 is 0.947 bits per heavy atom. The predicted octanol–water partition coefficient (Wildman–Crippen LogP) is 4.36. The second kappa shape index (κ2) is 8.26. The lowest BCUT2D eigenvalue weighted by Gasteiger charge is -2.06. The fourth-order valence-electron chi connectivity index (χ4n) is 1.77. The van der Waals surface area contributed by atoms with Crippen molar-refractivity contribution in [3.8, 4) is 0 Å². The first kappa shape index (κ1) is 14.4. The molecule has 0 bridgehead atoms. The van der Waals surface area contributed by atoms with Gasteiger partial charge in [0.15, 0.2) is 0 Å². The van der Waals surface area contributed by atoms with E-state index in [1.54, 1.807) is 0 Å². The van der Waals surface area contributed by atoms with Crippen LogP contribution in [0, 0.1) is 0 Å². The van der Waals surface area contributed by atoms with Gasteiger partial charge in [-0.25, -0.2) is 0 Å². The zero-order chi connectivity index (χ0) is 13.3. The van der Waals surface area contributed by atoms with E-state index in [-0.39, 0.29) is 0 Å². The van der Waals surface area contributed by atoms with Crippen LogP contribution >= 0.6 is 23.4 Å². The van der Waals surface area contributed by atoms with Gasteiger partial charge in [0.2, 0.25) is 0 Å². The fourth-order valence-corrected chi connectivity index (χ4v) is 2.96. The van der Waals surface area contributed by atoms with Gasteiger partial charge in [0.05, 0.1) is 0 Å². The third kappa shape index (κ3) is 5.27. The monoisotopic (exact) mass is 291 g/mol. The molecule has 0 aliphatic heterocycles. The van der Waals surface area contributed by atoms with Gasteiger partial charge in [0, 0.05) is 29.6 Å². The minimum atomic E-state index is 0.868. The maximum atomic E-state index is 6.12. The van der Waals surface area contributed by atoms with Crippen molar-refractivity contribution < 1.29 is 0 Å². The van der Waals surface area contributed by atoms with Crippen LogP contribution in [0.25, 0.3) is 0 Å². The lowest BCUT2D eigenvalue weighted by molar-refractivity contribution is 0.732. The molecule has 1 N–H and O–H groups in total. The quantitative estimate of drug-likeness (QED) is 0.761. The van der Waals surface area contributed by atoms with E-state index >= 15 is 0 Å². The van der Waals surface area contributed by atoms with Crippen molar-refractivity contribution in [3.63, 3.8) is 0 Å². The number of thioether (sulfide) groups is 1. The minimum Gasteiger partial charge on any atom is -0.312 e. The van der Waals surface area contributed by atoms with Gasteiger partial charge in [-0.1, -0.05) is 60.1 Å². The Balaban J connectivity index is 1.59. The highest BCUT2D eigenvalue weighted by atomic mass is 35.5. The molecule has 0 amide bonds. The van der Waals surface area contributed by atoms with E-state index < -0.39 is 0 Å². The summed E-state index contributed by atoms with van der Waals surface area (Å²) < 4.78 is 0. The SMILES string of the molecule is Clc1ccccc1CSCCNCc1ccccc1. The summed E-state index contributed by atoms with van der Waals surface area (Å²) in [6, 6.07) is 18.5. The molecule has 0 aliphatic rings. The third-order valence-corrected chi connectivity index (χ3v) is 4.19. The first-order valence-corrected chi connectivity index (χ1v) is 7.95. The van der Waals surface area contributed by atoms with Crippen LogP contribution in [0.1, 0.15) is 11.1 Å². The second-order valence-corrected chi connectivity index (χ2v) is 5.82. The zero-order valence-electron chi connectivity index (χ0n) is 10.8. The molecule has 0 spiro atoms. The maximum absolute atomic E-state index is 6.12. The van der Waals surface area contributed by atoms with Crippen LogP contribution in [-0.4, -0.2) is 12.3 Å². The lowest BCUT2D eigenvalue weighted by Crippen LogP contribution is -2.16. The normalized spacial score (nSPS) is 10.6. The van der Waals surface area contributed by atoms with Crippen molar-refractivity contribution in [1.29, 1.82) is 0 Å². The molecule has 2 rings (SSSR count). The molecule has 3 heteroatoms. The molecule has 0 fully saturated rings. The average molecular weight is 292 g/mol. The zero-order valence-corrected chi connectivity index (χ0v) is 12.4. The number of halogens is 1. The van der Waals surface area contributed by atoms with E-state index in [0.717, 1.165) is 29.6 Å². The lowest BCUT2D eigenvalue weighted by atomic mass is 10.2. The summed E-state index contributed by atoms with van der Waals surface area (Å²) in [4.78, 5) is 0. The highest BCUT2D eigenvalue weighted by Gasteiger charge is 1.98. The molecule has 2 aromatic rings. The van der Waals surface area contributed by atoms with Gasteiger partial charge in [-0.3, -0.25) is 0 Å². The van der Waals surface area contributed by atoms with Crippen molar-refractivity contribution in [2.24, 2.45) is 0 Å². The fraction of sp³-hybridized carbons (Fsp3) is 0.250. The Morgan fingerprint density at radius 3 is 2.47 bits per heavy atom. The number of hydrogen-bond acceptors (Lipinski definition) is 2. The summed E-state index contributed by atoms with van der Waals surface area (Å²) in [6.45, 7) is 1.96. The Hall–Kier alpha value is -0.960. The van der Waals surface area contributed by atoms with Crippen LogP contribution in [-0.2, 0) is 12.3 Å². The topological polar surface area (TPSA) is 12.0 Å². The molecule has 1 nitrogen and oxygen atoms in total. The molecule has 0 atom stereocenters. The van der Waals surface area contributed by atoms with E-state index in [0.29, 0.717) is 0 Å². The number of rotatable bonds is 7. The molecule has 0 aliphatic carbocycles. The van der Waals surface area contributed by atoms with Crippen molar-refractivity contribution in [2.45, 2.75) is 12.3 Å².